The van der Waals surface area contributed by atoms with Crippen LogP contribution in [0.15, 0.2) is 42.5 Å². The topological polar surface area (TPSA) is 38.3 Å². The van der Waals surface area contributed by atoms with Crippen molar-refractivity contribution < 1.29 is 9.53 Å². The zero-order valence-corrected chi connectivity index (χ0v) is 15.2. The van der Waals surface area contributed by atoms with Crippen molar-refractivity contribution >= 4 is 17.4 Å². The van der Waals surface area contributed by atoms with Crippen LogP contribution in [0.4, 0.5) is 0 Å². The van der Waals surface area contributed by atoms with Gasteiger partial charge >= 0.3 is 0 Å². The zero-order valence-electron chi connectivity index (χ0n) is 14.4. The molecule has 1 N–H and O–H groups in total. The van der Waals surface area contributed by atoms with Gasteiger partial charge in [-0.1, -0.05) is 30.7 Å². The minimum atomic E-state index is 0.0593. The number of halogens is 1. The molecule has 0 amide bonds. The molecule has 0 fully saturated rings. The molecule has 0 saturated carbocycles. The van der Waals surface area contributed by atoms with Crippen LogP contribution in [0.1, 0.15) is 54.7 Å². The zero-order chi connectivity index (χ0) is 17.5. The highest BCUT2D eigenvalue weighted by atomic mass is 35.5. The average Bonchev–Trinajstić information content (AvgIpc) is 2.58. The summed E-state index contributed by atoms with van der Waals surface area (Å²) in [5.41, 5.74) is 2.90. The van der Waals surface area contributed by atoms with Crippen molar-refractivity contribution in [1.82, 2.24) is 5.32 Å². The molecular weight excluding hydrogens is 322 g/mol. The molecule has 4 heteroatoms. The number of carbonyl (C=O) groups excluding carboxylic acids is 1. The molecule has 0 aliphatic rings. The Labute approximate surface area is 149 Å². The number of carbonyl (C=O) groups is 1. The molecular formula is C20H24ClNO2. The molecule has 2 rings (SSSR count). The first kappa shape index (κ1) is 18.5. The standard InChI is InChI=1S/C20H24ClNO2/c1-4-19(15-6-9-18(21)10-7-15)22-13-17-12-16(14(3)23)8-11-20(17)24-5-2/h6-12,19,22H,4-5,13H2,1-3H3. The van der Waals surface area contributed by atoms with E-state index in [1.165, 1.54) is 5.56 Å². The number of hydrogen-bond acceptors (Lipinski definition) is 3. The molecule has 1 unspecified atom stereocenters. The minimum absolute atomic E-state index is 0.0593. The van der Waals surface area contributed by atoms with Gasteiger partial charge in [-0.05, 0) is 56.2 Å². The highest BCUT2D eigenvalue weighted by molar-refractivity contribution is 6.30. The summed E-state index contributed by atoms with van der Waals surface area (Å²) in [6.45, 7) is 6.91. The maximum absolute atomic E-state index is 11.6. The summed E-state index contributed by atoms with van der Waals surface area (Å²) in [7, 11) is 0. The lowest BCUT2D eigenvalue weighted by Crippen LogP contribution is -2.21. The third-order valence-electron chi connectivity index (χ3n) is 3.99. The summed E-state index contributed by atoms with van der Waals surface area (Å²) >= 11 is 5.97. The molecule has 0 spiro atoms. The molecule has 0 heterocycles. The van der Waals surface area contributed by atoms with E-state index in [0.29, 0.717) is 18.7 Å². The van der Waals surface area contributed by atoms with Gasteiger partial charge in [-0.3, -0.25) is 4.79 Å². The Morgan fingerprint density at radius 3 is 2.46 bits per heavy atom. The summed E-state index contributed by atoms with van der Waals surface area (Å²) in [6, 6.07) is 13.7. The second-order valence-corrected chi connectivity index (χ2v) is 6.14. The van der Waals surface area contributed by atoms with E-state index in [1.54, 1.807) is 6.92 Å². The van der Waals surface area contributed by atoms with Crippen molar-refractivity contribution in [2.75, 3.05) is 6.61 Å². The number of ketones is 1. The molecule has 0 saturated heterocycles. The van der Waals surface area contributed by atoms with Crippen LogP contribution in [0.2, 0.25) is 5.02 Å². The normalized spacial score (nSPS) is 12.0. The van der Waals surface area contributed by atoms with Crippen LogP contribution in [-0.2, 0) is 6.54 Å². The fraction of sp³-hybridized carbons (Fsp3) is 0.350. The van der Waals surface area contributed by atoms with E-state index in [0.717, 1.165) is 22.8 Å². The van der Waals surface area contributed by atoms with E-state index in [-0.39, 0.29) is 11.8 Å². The summed E-state index contributed by atoms with van der Waals surface area (Å²) in [6.07, 6.45) is 0.956. The van der Waals surface area contributed by atoms with Crippen LogP contribution in [0, 0.1) is 0 Å². The van der Waals surface area contributed by atoms with Crippen LogP contribution in [0.25, 0.3) is 0 Å². The smallest absolute Gasteiger partial charge is 0.159 e. The summed E-state index contributed by atoms with van der Waals surface area (Å²) in [5, 5.41) is 4.29. The lowest BCUT2D eigenvalue weighted by molar-refractivity contribution is 0.101. The summed E-state index contributed by atoms with van der Waals surface area (Å²) < 4.78 is 5.69. The Bertz CT molecular complexity index is 683. The molecule has 1 atom stereocenters. The van der Waals surface area contributed by atoms with Gasteiger partial charge < -0.3 is 10.1 Å². The molecule has 24 heavy (non-hydrogen) atoms. The molecule has 3 nitrogen and oxygen atoms in total. The minimum Gasteiger partial charge on any atom is -0.494 e. The third-order valence-corrected chi connectivity index (χ3v) is 4.24. The number of Topliss-reactive ketones (excluding diaryl/α,β-unsaturated/α-hetero) is 1. The fourth-order valence-corrected chi connectivity index (χ4v) is 2.79. The molecule has 0 aromatic heterocycles. The van der Waals surface area contributed by atoms with Crippen molar-refractivity contribution in [1.29, 1.82) is 0 Å². The number of hydrogen-bond donors (Lipinski definition) is 1. The molecule has 0 bridgehead atoms. The van der Waals surface area contributed by atoms with Crippen LogP contribution >= 0.6 is 11.6 Å². The van der Waals surface area contributed by atoms with E-state index in [1.807, 2.05) is 49.4 Å². The monoisotopic (exact) mass is 345 g/mol. The SMILES string of the molecule is CCOc1ccc(C(C)=O)cc1CNC(CC)c1ccc(Cl)cc1. The Kier molecular flexibility index (Phi) is 6.83. The van der Waals surface area contributed by atoms with E-state index in [2.05, 4.69) is 12.2 Å². The van der Waals surface area contributed by atoms with Gasteiger partial charge in [0.15, 0.2) is 5.78 Å². The van der Waals surface area contributed by atoms with E-state index < -0.39 is 0 Å². The highest BCUT2D eigenvalue weighted by Gasteiger charge is 2.12. The summed E-state index contributed by atoms with van der Waals surface area (Å²) in [5.74, 6) is 0.880. The maximum Gasteiger partial charge on any atom is 0.159 e. The van der Waals surface area contributed by atoms with Gasteiger partial charge in [0, 0.05) is 28.7 Å². The lowest BCUT2D eigenvalue weighted by atomic mass is 10.0. The second-order valence-electron chi connectivity index (χ2n) is 5.70. The van der Waals surface area contributed by atoms with Gasteiger partial charge in [0.2, 0.25) is 0 Å². The highest BCUT2D eigenvalue weighted by Crippen LogP contribution is 2.24. The molecule has 128 valence electrons. The van der Waals surface area contributed by atoms with E-state index in [9.17, 15) is 4.79 Å². The molecule has 2 aromatic carbocycles. The van der Waals surface area contributed by atoms with Crippen LogP contribution in [0.5, 0.6) is 5.75 Å². The first-order chi connectivity index (χ1) is 11.5. The molecule has 0 aliphatic heterocycles. The van der Waals surface area contributed by atoms with Gasteiger partial charge in [-0.25, -0.2) is 0 Å². The quantitative estimate of drug-likeness (QED) is 0.670. The molecule has 0 radical (unpaired) electrons. The number of nitrogens with one attached hydrogen (secondary N) is 1. The predicted octanol–water partition coefficient (Wildman–Crippen LogP) is 5.18. The Balaban J connectivity index is 2.17. The first-order valence-corrected chi connectivity index (χ1v) is 8.68. The Morgan fingerprint density at radius 2 is 1.88 bits per heavy atom. The number of ether oxygens (including phenoxy) is 1. The summed E-state index contributed by atoms with van der Waals surface area (Å²) in [4.78, 5) is 11.6. The second kappa shape index (κ2) is 8.86. The Morgan fingerprint density at radius 1 is 1.17 bits per heavy atom. The van der Waals surface area contributed by atoms with Crippen LogP contribution < -0.4 is 10.1 Å². The fourth-order valence-electron chi connectivity index (χ4n) is 2.66. The Hall–Kier alpha value is -1.84. The first-order valence-electron chi connectivity index (χ1n) is 8.30. The van der Waals surface area contributed by atoms with Crippen molar-refractivity contribution in [3.8, 4) is 5.75 Å². The van der Waals surface area contributed by atoms with Gasteiger partial charge in [0.25, 0.3) is 0 Å². The van der Waals surface area contributed by atoms with Crippen molar-refractivity contribution in [2.24, 2.45) is 0 Å². The van der Waals surface area contributed by atoms with Gasteiger partial charge in [0.05, 0.1) is 6.61 Å². The number of rotatable bonds is 8. The average molecular weight is 346 g/mol. The molecule has 2 aromatic rings. The van der Waals surface area contributed by atoms with Crippen LogP contribution in [-0.4, -0.2) is 12.4 Å². The van der Waals surface area contributed by atoms with Crippen molar-refractivity contribution in [2.45, 2.75) is 39.8 Å². The van der Waals surface area contributed by atoms with Crippen LogP contribution in [0.3, 0.4) is 0 Å². The largest absolute Gasteiger partial charge is 0.494 e. The third kappa shape index (κ3) is 4.83. The van der Waals surface area contributed by atoms with Crippen molar-refractivity contribution in [3.05, 3.63) is 64.2 Å². The van der Waals surface area contributed by atoms with Gasteiger partial charge in [-0.15, -0.1) is 0 Å². The maximum atomic E-state index is 11.6. The van der Waals surface area contributed by atoms with E-state index >= 15 is 0 Å². The van der Waals surface area contributed by atoms with Gasteiger partial charge in [0.1, 0.15) is 5.75 Å². The lowest BCUT2D eigenvalue weighted by Gasteiger charge is -2.19. The van der Waals surface area contributed by atoms with Gasteiger partial charge in [-0.2, -0.15) is 0 Å². The van der Waals surface area contributed by atoms with E-state index in [4.69, 9.17) is 16.3 Å². The molecule has 0 aliphatic carbocycles. The van der Waals surface area contributed by atoms with Crippen molar-refractivity contribution in [3.63, 3.8) is 0 Å². The predicted molar refractivity (Wildman–Crippen MR) is 98.9 cm³/mol. The number of benzene rings is 2.